The predicted octanol–water partition coefficient (Wildman–Crippen LogP) is 4.53. The summed E-state index contributed by atoms with van der Waals surface area (Å²) in [6.07, 6.45) is 0. The number of anilines is 1. The van der Waals surface area contributed by atoms with Gasteiger partial charge in [0.25, 0.3) is 5.91 Å². The Morgan fingerprint density at radius 1 is 1.27 bits per heavy atom. The summed E-state index contributed by atoms with van der Waals surface area (Å²) in [5, 5.41) is 3.30. The van der Waals surface area contributed by atoms with Gasteiger partial charge in [-0.2, -0.15) is 0 Å². The smallest absolute Gasteiger partial charge is 0.262 e. The Balaban J connectivity index is 1.71. The number of carbonyl (C=O) groups is 1. The second-order valence-corrected chi connectivity index (χ2v) is 8.15. The molecular formula is C21H22BrClN2O4S. The first-order chi connectivity index (χ1) is 14.5. The van der Waals surface area contributed by atoms with Crippen LogP contribution in [0.25, 0.3) is 0 Å². The summed E-state index contributed by atoms with van der Waals surface area (Å²) >= 11 is 15.1. The second-order valence-electron chi connectivity index (χ2n) is 6.47. The van der Waals surface area contributed by atoms with Crippen LogP contribution in [0, 0.1) is 0 Å². The van der Waals surface area contributed by atoms with E-state index < -0.39 is 0 Å². The van der Waals surface area contributed by atoms with Gasteiger partial charge in [0.1, 0.15) is 4.99 Å². The Kier molecular flexibility index (Phi) is 8.32. The Bertz CT molecular complexity index is 922. The van der Waals surface area contributed by atoms with Crippen molar-refractivity contribution in [2.45, 2.75) is 6.92 Å². The Morgan fingerprint density at radius 3 is 2.73 bits per heavy atom. The predicted molar refractivity (Wildman–Crippen MR) is 125 cm³/mol. The van der Waals surface area contributed by atoms with Gasteiger partial charge in [0.15, 0.2) is 18.1 Å². The van der Waals surface area contributed by atoms with Crippen LogP contribution in [0.15, 0.2) is 40.9 Å². The molecule has 0 saturated carbocycles. The molecule has 1 aliphatic heterocycles. The standard InChI is InChI=1S/C21H22BrClN2O4S/c1-2-28-18-11-14(21(30)25-6-8-27-9-7-25)10-17(22)20(18)29-13-19(26)24-16-5-3-4-15(23)12-16/h3-5,10-12H,2,6-9,13H2,1H3,(H,24,26). The average molecular weight is 514 g/mol. The van der Waals surface area contributed by atoms with E-state index in [-0.39, 0.29) is 12.5 Å². The highest BCUT2D eigenvalue weighted by Crippen LogP contribution is 2.37. The van der Waals surface area contributed by atoms with Crippen molar-refractivity contribution in [1.82, 2.24) is 4.90 Å². The maximum Gasteiger partial charge on any atom is 0.262 e. The van der Waals surface area contributed by atoms with Crippen LogP contribution in [0.3, 0.4) is 0 Å². The molecule has 1 amide bonds. The quantitative estimate of drug-likeness (QED) is 0.549. The first-order valence-electron chi connectivity index (χ1n) is 9.49. The Hall–Kier alpha value is -1.87. The van der Waals surface area contributed by atoms with Gasteiger partial charge < -0.3 is 24.4 Å². The van der Waals surface area contributed by atoms with E-state index in [1.807, 2.05) is 19.1 Å². The maximum atomic E-state index is 12.3. The third kappa shape index (κ3) is 6.07. The second kappa shape index (κ2) is 10.9. The number of hydrogen-bond acceptors (Lipinski definition) is 5. The molecule has 1 heterocycles. The molecule has 0 bridgehead atoms. The lowest BCUT2D eigenvalue weighted by molar-refractivity contribution is -0.118. The van der Waals surface area contributed by atoms with Crippen LogP contribution in [-0.2, 0) is 9.53 Å². The van der Waals surface area contributed by atoms with E-state index >= 15 is 0 Å². The largest absolute Gasteiger partial charge is 0.490 e. The van der Waals surface area contributed by atoms with E-state index in [4.69, 9.17) is 38.0 Å². The summed E-state index contributed by atoms with van der Waals surface area (Å²) in [5.74, 6) is 0.666. The van der Waals surface area contributed by atoms with Crippen molar-refractivity contribution in [2.24, 2.45) is 0 Å². The number of ether oxygens (including phenoxy) is 3. The number of morpholine rings is 1. The molecule has 0 aliphatic carbocycles. The normalized spacial score (nSPS) is 13.6. The van der Waals surface area contributed by atoms with Crippen LogP contribution >= 0.6 is 39.7 Å². The molecule has 1 aliphatic rings. The Morgan fingerprint density at radius 2 is 2.03 bits per heavy atom. The van der Waals surface area contributed by atoms with Gasteiger partial charge >= 0.3 is 0 Å². The SMILES string of the molecule is CCOc1cc(C(=S)N2CCOCC2)cc(Br)c1OCC(=O)Nc1cccc(Cl)c1. The average Bonchev–Trinajstić information content (AvgIpc) is 2.73. The van der Waals surface area contributed by atoms with E-state index in [9.17, 15) is 4.79 Å². The molecule has 9 heteroatoms. The van der Waals surface area contributed by atoms with Crippen molar-refractivity contribution in [3.8, 4) is 11.5 Å². The van der Waals surface area contributed by atoms with Crippen molar-refractivity contribution in [3.05, 3.63) is 51.5 Å². The summed E-state index contributed by atoms with van der Waals surface area (Å²) in [4.78, 5) is 15.1. The lowest BCUT2D eigenvalue weighted by Crippen LogP contribution is -2.40. The fraction of sp³-hybridized carbons (Fsp3) is 0.333. The van der Waals surface area contributed by atoms with E-state index in [2.05, 4.69) is 26.1 Å². The monoisotopic (exact) mass is 512 g/mol. The van der Waals surface area contributed by atoms with Gasteiger partial charge in [-0.15, -0.1) is 0 Å². The number of nitrogens with one attached hydrogen (secondary N) is 1. The van der Waals surface area contributed by atoms with Crippen molar-refractivity contribution in [1.29, 1.82) is 0 Å². The van der Waals surface area contributed by atoms with Crippen LogP contribution in [0.5, 0.6) is 11.5 Å². The zero-order valence-electron chi connectivity index (χ0n) is 16.5. The topological polar surface area (TPSA) is 60.0 Å². The number of hydrogen-bond donors (Lipinski definition) is 1. The molecule has 0 radical (unpaired) electrons. The zero-order valence-corrected chi connectivity index (χ0v) is 19.6. The molecule has 1 N–H and O–H groups in total. The lowest BCUT2D eigenvalue weighted by Gasteiger charge is -2.29. The summed E-state index contributed by atoms with van der Waals surface area (Å²) in [6.45, 7) is 4.97. The van der Waals surface area contributed by atoms with Crippen molar-refractivity contribution < 1.29 is 19.0 Å². The maximum absolute atomic E-state index is 12.3. The summed E-state index contributed by atoms with van der Waals surface area (Å²) in [6, 6.07) is 10.6. The van der Waals surface area contributed by atoms with Gasteiger partial charge in [0, 0.05) is 29.4 Å². The summed E-state index contributed by atoms with van der Waals surface area (Å²) in [5.41, 5.74) is 1.45. The number of nitrogens with zero attached hydrogens (tertiary/aromatic N) is 1. The molecule has 30 heavy (non-hydrogen) atoms. The molecule has 160 valence electrons. The molecular weight excluding hydrogens is 492 g/mol. The van der Waals surface area contributed by atoms with Gasteiger partial charge in [-0.1, -0.05) is 29.9 Å². The van der Waals surface area contributed by atoms with Crippen molar-refractivity contribution >= 4 is 56.3 Å². The molecule has 0 spiro atoms. The van der Waals surface area contributed by atoms with E-state index in [0.29, 0.717) is 46.5 Å². The third-order valence-corrected chi connectivity index (χ3v) is 5.63. The molecule has 1 saturated heterocycles. The molecule has 0 atom stereocenters. The van der Waals surface area contributed by atoms with Gasteiger partial charge in [0.05, 0.1) is 24.3 Å². The van der Waals surface area contributed by atoms with Gasteiger partial charge in [0.2, 0.25) is 0 Å². The number of benzene rings is 2. The molecule has 6 nitrogen and oxygen atoms in total. The van der Waals surface area contributed by atoms with Crippen LogP contribution in [-0.4, -0.2) is 55.3 Å². The van der Waals surface area contributed by atoms with Crippen molar-refractivity contribution in [2.75, 3.05) is 44.8 Å². The minimum absolute atomic E-state index is 0.182. The Labute approximate surface area is 194 Å². The zero-order chi connectivity index (χ0) is 21.5. The molecule has 2 aromatic rings. The first-order valence-corrected chi connectivity index (χ1v) is 11.1. The number of thiocarbonyl (C=S) groups is 1. The minimum atomic E-state index is -0.306. The van der Waals surface area contributed by atoms with E-state index in [1.165, 1.54) is 0 Å². The number of halogens is 2. The number of amides is 1. The highest BCUT2D eigenvalue weighted by Gasteiger charge is 2.20. The van der Waals surface area contributed by atoms with Gasteiger partial charge in [-0.3, -0.25) is 4.79 Å². The highest BCUT2D eigenvalue weighted by atomic mass is 79.9. The molecule has 2 aromatic carbocycles. The molecule has 0 aromatic heterocycles. The van der Waals surface area contributed by atoms with E-state index in [0.717, 1.165) is 23.6 Å². The van der Waals surface area contributed by atoms with E-state index in [1.54, 1.807) is 24.3 Å². The van der Waals surface area contributed by atoms with Crippen molar-refractivity contribution in [3.63, 3.8) is 0 Å². The number of carbonyl (C=O) groups excluding carboxylic acids is 1. The van der Waals surface area contributed by atoms with Crippen LogP contribution in [0.1, 0.15) is 12.5 Å². The minimum Gasteiger partial charge on any atom is -0.490 e. The highest BCUT2D eigenvalue weighted by molar-refractivity contribution is 9.10. The van der Waals surface area contributed by atoms with Gasteiger partial charge in [-0.05, 0) is 53.2 Å². The summed E-state index contributed by atoms with van der Waals surface area (Å²) in [7, 11) is 0. The van der Waals surface area contributed by atoms with Gasteiger partial charge in [-0.25, -0.2) is 0 Å². The van der Waals surface area contributed by atoms with Crippen LogP contribution in [0.4, 0.5) is 5.69 Å². The van der Waals surface area contributed by atoms with Crippen LogP contribution in [0.2, 0.25) is 5.02 Å². The number of rotatable bonds is 7. The molecule has 0 unspecified atom stereocenters. The molecule has 1 fully saturated rings. The fourth-order valence-corrected chi connectivity index (χ4v) is 3.99. The molecule has 3 rings (SSSR count). The van der Waals surface area contributed by atoms with Crippen LogP contribution < -0.4 is 14.8 Å². The summed E-state index contributed by atoms with van der Waals surface area (Å²) < 4.78 is 17.6. The third-order valence-electron chi connectivity index (χ3n) is 4.31. The fourth-order valence-electron chi connectivity index (χ4n) is 2.94. The lowest BCUT2D eigenvalue weighted by atomic mass is 10.1. The first kappa shape index (κ1) is 22.8.